The zero-order valence-corrected chi connectivity index (χ0v) is 11.0. The van der Waals surface area contributed by atoms with E-state index in [9.17, 15) is 9.90 Å². The number of likely N-dealkylation sites (tertiary alicyclic amines) is 1. The highest BCUT2D eigenvalue weighted by molar-refractivity contribution is 5.74. The van der Waals surface area contributed by atoms with Crippen molar-refractivity contribution < 1.29 is 9.90 Å². The predicted molar refractivity (Wildman–Crippen MR) is 69.2 cm³/mol. The molecule has 1 aliphatic heterocycles. The minimum absolute atomic E-state index is 0.325. The maximum Gasteiger partial charge on any atom is 0.309 e. The van der Waals surface area contributed by atoms with E-state index in [-0.39, 0.29) is 0 Å². The standard InChI is InChI=1S/C14H20N2O2/c1-11(12-3-7-15-8-4-12)16-9-5-14(2,6-10-16)13(17)18/h3-4,7-8,11H,5-6,9-10H2,1-2H3,(H,17,18). The number of carbonyl (C=O) groups is 1. The van der Waals surface area contributed by atoms with Crippen molar-refractivity contribution in [3.8, 4) is 0 Å². The number of hydrogen-bond donors (Lipinski definition) is 1. The van der Waals surface area contributed by atoms with Crippen LogP contribution in [0.4, 0.5) is 0 Å². The van der Waals surface area contributed by atoms with Gasteiger partial charge in [-0.3, -0.25) is 14.7 Å². The quantitative estimate of drug-likeness (QED) is 0.892. The van der Waals surface area contributed by atoms with Gasteiger partial charge in [-0.25, -0.2) is 0 Å². The number of nitrogens with zero attached hydrogens (tertiary/aromatic N) is 2. The average Bonchev–Trinajstić information content (AvgIpc) is 2.40. The molecule has 1 fully saturated rings. The molecule has 18 heavy (non-hydrogen) atoms. The molecule has 4 nitrogen and oxygen atoms in total. The maximum atomic E-state index is 11.2. The summed E-state index contributed by atoms with van der Waals surface area (Å²) in [5, 5.41) is 9.21. The molecule has 1 atom stereocenters. The van der Waals surface area contributed by atoms with Crippen molar-refractivity contribution in [1.82, 2.24) is 9.88 Å². The summed E-state index contributed by atoms with van der Waals surface area (Å²) in [5.41, 5.74) is 0.693. The van der Waals surface area contributed by atoms with E-state index in [4.69, 9.17) is 0 Å². The summed E-state index contributed by atoms with van der Waals surface area (Å²) in [6.07, 6.45) is 5.05. The van der Waals surface area contributed by atoms with Gasteiger partial charge < -0.3 is 5.11 Å². The first-order valence-corrected chi connectivity index (χ1v) is 6.40. The van der Waals surface area contributed by atoms with E-state index in [1.54, 1.807) is 12.4 Å². The van der Waals surface area contributed by atoms with E-state index in [0.717, 1.165) is 25.9 Å². The minimum atomic E-state index is -0.668. The fraction of sp³-hybridized carbons (Fsp3) is 0.571. The number of piperidine rings is 1. The molecular weight excluding hydrogens is 228 g/mol. The fourth-order valence-electron chi connectivity index (χ4n) is 2.47. The van der Waals surface area contributed by atoms with Gasteiger partial charge in [-0.2, -0.15) is 0 Å². The summed E-state index contributed by atoms with van der Waals surface area (Å²) in [7, 11) is 0. The van der Waals surface area contributed by atoms with Gasteiger partial charge in [0.15, 0.2) is 0 Å². The van der Waals surface area contributed by atoms with Crippen LogP contribution in [0.5, 0.6) is 0 Å². The molecule has 1 aromatic rings. The Kier molecular flexibility index (Phi) is 3.66. The summed E-state index contributed by atoms with van der Waals surface area (Å²) in [6.45, 7) is 5.70. The maximum absolute atomic E-state index is 11.2. The van der Waals surface area contributed by atoms with Gasteiger partial charge in [-0.05, 0) is 57.5 Å². The van der Waals surface area contributed by atoms with Gasteiger partial charge in [0.2, 0.25) is 0 Å². The van der Waals surface area contributed by atoms with E-state index in [0.29, 0.717) is 6.04 Å². The van der Waals surface area contributed by atoms with Gasteiger partial charge in [0.25, 0.3) is 0 Å². The van der Waals surface area contributed by atoms with Crippen molar-refractivity contribution in [2.45, 2.75) is 32.7 Å². The number of aliphatic carboxylic acids is 1. The van der Waals surface area contributed by atoms with Crippen molar-refractivity contribution in [1.29, 1.82) is 0 Å². The second kappa shape index (κ2) is 5.06. The van der Waals surface area contributed by atoms with Crippen LogP contribution in [0.15, 0.2) is 24.5 Å². The summed E-state index contributed by atoms with van der Waals surface area (Å²) in [5.74, 6) is -0.668. The monoisotopic (exact) mass is 248 g/mol. The molecule has 1 saturated heterocycles. The SMILES string of the molecule is CC(c1ccncc1)N1CCC(C)(C(=O)O)CC1. The average molecular weight is 248 g/mol. The van der Waals surface area contributed by atoms with Gasteiger partial charge in [-0.15, -0.1) is 0 Å². The molecule has 0 amide bonds. The number of pyridine rings is 1. The Bertz CT molecular complexity index is 411. The highest BCUT2D eigenvalue weighted by atomic mass is 16.4. The van der Waals surface area contributed by atoms with Crippen LogP contribution in [0.2, 0.25) is 0 Å². The van der Waals surface area contributed by atoms with Gasteiger partial charge in [0, 0.05) is 18.4 Å². The van der Waals surface area contributed by atoms with Crippen molar-refractivity contribution in [3.05, 3.63) is 30.1 Å². The molecule has 1 N–H and O–H groups in total. The van der Waals surface area contributed by atoms with E-state index in [1.165, 1.54) is 5.56 Å². The van der Waals surface area contributed by atoms with Crippen molar-refractivity contribution in [3.63, 3.8) is 0 Å². The van der Waals surface area contributed by atoms with Crippen LogP contribution in [0.25, 0.3) is 0 Å². The Morgan fingerprint density at radius 1 is 1.39 bits per heavy atom. The highest BCUT2D eigenvalue weighted by Gasteiger charge is 2.37. The van der Waals surface area contributed by atoms with Crippen LogP contribution in [-0.2, 0) is 4.79 Å². The molecule has 0 spiro atoms. The van der Waals surface area contributed by atoms with Gasteiger partial charge in [0.1, 0.15) is 0 Å². The summed E-state index contributed by atoms with van der Waals surface area (Å²) in [6, 6.07) is 4.37. The molecule has 1 aromatic heterocycles. The molecule has 0 radical (unpaired) electrons. The lowest BCUT2D eigenvalue weighted by Crippen LogP contribution is -2.43. The second-order valence-corrected chi connectivity index (χ2v) is 5.36. The molecule has 1 unspecified atom stereocenters. The third-order valence-corrected chi connectivity index (χ3v) is 4.15. The number of carboxylic acid groups (broad SMARTS) is 1. The van der Waals surface area contributed by atoms with Crippen LogP contribution < -0.4 is 0 Å². The Balaban J connectivity index is 2.00. The van der Waals surface area contributed by atoms with Gasteiger partial charge in [-0.1, -0.05) is 0 Å². The van der Waals surface area contributed by atoms with Crippen LogP contribution in [0.1, 0.15) is 38.3 Å². The first-order chi connectivity index (χ1) is 8.53. The Morgan fingerprint density at radius 3 is 2.44 bits per heavy atom. The fourth-order valence-corrected chi connectivity index (χ4v) is 2.47. The molecule has 2 rings (SSSR count). The first-order valence-electron chi connectivity index (χ1n) is 6.40. The van der Waals surface area contributed by atoms with Crippen LogP contribution in [0.3, 0.4) is 0 Å². The summed E-state index contributed by atoms with van der Waals surface area (Å²) < 4.78 is 0. The third-order valence-electron chi connectivity index (χ3n) is 4.15. The molecule has 4 heteroatoms. The molecule has 2 heterocycles. The molecule has 98 valence electrons. The van der Waals surface area contributed by atoms with Crippen LogP contribution in [0, 0.1) is 5.41 Å². The number of aromatic nitrogens is 1. The van der Waals surface area contributed by atoms with Crippen LogP contribution >= 0.6 is 0 Å². The lowest BCUT2D eigenvalue weighted by atomic mass is 9.80. The smallest absolute Gasteiger partial charge is 0.309 e. The number of rotatable bonds is 3. The van der Waals surface area contributed by atoms with Crippen molar-refractivity contribution in [2.75, 3.05) is 13.1 Å². The van der Waals surface area contributed by atoms with E-state index >= 15 is 0 Å². The summed E-state index contributed by atoms with van der Waals surface area (Å²) in [4.78, 5) is 17.6. The molecule has 1 aliphatic rings. The topological polar surface area (TPSA) is 53.4 Å². The van der Waals surface area contributed by atoms with Gasteiger partial charge in [0.05, 0.1) is 5.41 Å². The molecule has 0 aliphatic carbocycles. The number of carboxylic acids is 1. The minimum Gasteiger partial charge on any atom is -0.481 e. The van der Waals surface area contributed by atoms with Gasteiger partial charge >= 0.3 is 5.97 Å². The molecule has 0 saturated carbocycles. The first kappa shape index (κ1) is 13.0. The zero-order chi connectivity index (χ0) is 13.2. The Hall–Kier alpha value is -1.42. The van der Waals surface area contributed by atoms with Crippen LogP contribution in [-0.4, -0.2) is 34.0 Å². The molecular formula is C14H20N2O2. The Morgan fingerprint density at radius 2 is 1.94 bits per heavy atom. The highest BCUT2D eigenvalue weighted by Crippen LogP contribution is 2.34. The zero-order valence-electron chi connectivity index (χ0n) is 11.0. The summed E-state index contributed by atoms with van der Waals surface area (Å²) >= 11 is 0. The second-order valence-electron chi connectivity index (χ2n) is 5.36. The van der Waals surface area contributed by atoms with E-state index < -0.39 is 11.4 Å². The van der Waals surface area contributed by atoms with Crippen molar-refractivity contribution in [2.24, 2.45) is 5.41 Å². The lowest BCUT2D eigenvalue weighted by molar-refractivity contribution is -0.151. The molecule has 0 bridgehead atoms. The Labute approximate surface area is 108 Å². The lowest BCUT2D eigenvalue weighted by Gasteiger charge is -2.39. The van der Waals surface area contributed by atoms with E-state index in [1.807, 2.05) is 19.1 Å². The normalized spacial score (nSPS) is 21.4. The van der Waals surface area contributed by atoms with Crippen molar-refractivity contribution >= 4 is 5.97 Å². The number of hydrogen-bond acceptors (Lipinski definition) is 3. The third kappa shape index (κ3) is 2.53. The van der Waals surface area contributed by atoms with E-state index in [2.05, 4.69) is 16.8 Å². The molecule has 0 aromatic carbocycles. The predicted octanol–water partition coefficient (Wildman–Crippen LogP) is 2.33. The largest absolute Gasteiger partial charge is 0.481 e.